The third kappa shape index (κ3) is 0.644. The van der Waals surface area contributed by atoms with Crippen LogP contribution >= 0.6 is 0 Å². The first kappa shape index (κ1) is 4.77. The fourth-order valence-electron chi connectivity index (χ4n) is 1.65. The van der Waals surface area contributed by atoms with Gasteiger partial charge in [0.2, 0.25) is 0 Å². The minimum absolute atomic E-state index is 0.814. The molecule has 2 heterocycles. The molecule has 2 fully saturated rings. The van der Waals surface area contributed by atoms with Crippen molar-refractivity contribution in [2.24, 2.45) is 0 Å². The second-order valence-electron chi connectivity index (χ2n) is 2.83. The van der Waals surface area contributed by atoms with Crippen LogP contribution in [-0.4, -0.2) is 25.3 Å². The van der Waals surface area contributed by atoms with E-state index >= 15 is 0 Å². The Balaban J connectivity index is 2.03. The molecular weight excluding hydrogens is 102 g/mol. The van der Waals surface area contributed by atoms with E-state index in [1.807, 2.05) is 0 Å². The van der Waals surface area contributed by atoms with E-state index in [4.69, 9.17) is 4.74 Å². The van der Waals surface area contributed by atoms with Gasteiger partial charge in [0.1, 0.15) is 12.1 Å². The van der Waals surface area contributed by atoms with Gasteiger partial charge in [0.05, 0.1) is 13.2 Å². The highest BCUT2D eigenvalue weighted by Gasteiger charge is 2.32. The number of hydrogen-bond acceptors (Lipinski definition) is 1. The summed E-state index contributed by atoms with van der Waals surface area (Å²) in [5, 5.41) is 2.46. The third-order valence-corrected chi connectivity index (χ3v) is 2.12. The summed E-state index contributed by atoms with van der Waals surface area (Å²) < 4.78 is 5.33. The summed E-state index contributed by atoms with van der Waals surface area (Å²) in [6.07, 6.45) is 2.76. The number of fused-ring (bicyclic) bond motifs is 2. The summed E-state index contributed by atoms with van der Waals surface area (Å²) in [6, 6.07) is 1.63. The minimum atomic E-state index is 0.814. The molecule has 8 heavy (non-hydrogen) atoms. The van der Waals surface area contributed by atoms with Crippen LogP contribution in [0.2, 0.25) is 0 Å². The Morgan fingerprint density at radius 2 is 1.75 bits per heavy atom. The van der Waals surface area contributed by atoms with Crippen molar-refractivity contribution >= 4 is 0 Å². The highest BCUT2D eigenvalue weighted by molar-refractivity contribution is 4.71. The molecule has 2 N–H and O–H groups in total. The van der Waals surface area contributed by atoms with Crippen molar-refractivity contribution in [1.29, 1.82) is 0 Å². The molecule has 0 aromatic heterocycles. The lowest BCUT2D eigenvalue weighted by Gasteiger charge is -2.17. The maximum Gasteiger partial charge on any atom is 0.110 e. The Morgan fingerprint density at radius 1 is 1.12 bits per heavy atom. The van der Waals surface area contributed by atoms with Crippen LogP contribution in [0.5, 0.6) is 0 Å². The lowest BCUT2D eigenvalue weighted by molar-refractivity contribution is -0.717. The first-order valence-electron chi connectivity index (χ1n) is 3.38. The second kappa shape index (κ2) is 1.71. The summed E-state index contributed by atoms with van der Waals surface area (Å²) in [5.74, 6) is 0. The Labute approximate surface area is 49.2 Å². The molecule has 0 spiro atoms. The van der Waals surface area contributed by atoms with E-state index in [1.165, 1.54) is 12.8 Å². The molecule has 0 amide bonds. The van der Waals surface area contributed by atoms with Gasteiger partial charge in [-0.05, 0) is 0 Å². The van der Waals surface area contributed by atoms with Crippen molar-refractivity contribution < 1.29 is 10.1 Å². The molecule has 2 nitrogen and oxygen atoms in total. The fourth-order valence-corrected chi connectivity index (χ4v) is 1.65. The van der Waals surface area contributed by atoms with Gasteiger partial charge in [0.15, 0.2) is 0 Å². The van der Waals surface area contributed by atoms with Gasteiger partial charge in [-0.25, -0.2) is 0 Å². The highest BCUT2D eigenvalue weighted by atomic mass is 16.5. The van der Waals surface area contributed by atoms with Gasteiger partial charge in [0.25, 0.3) is 0 Å². The van der Waals surface area contributed by atoms with Gasteiger partial charge >= 0.3 is 0 Å². The first-order chi connectivity index (χ1) is 3.95. The van der Waals surface area contributed by atoms with Crippen LogP contribution in [0.15, 0.2) is 0 Å². The summed E-state index contributed by atoms with van der Waals surface area (Å²) in [5.41, 5.74) is 0. The van der Waals surface area contributed by atoms with Crippen molar-refractivity contribution in [1.82, 2.24) is 0 Å². The molecule has 2 aliphatic rings. The van der Waals surface area contributed by atoms with E-state index in [0.717, 1.165) is 25.3 Å². The molecule has 2 bridgehead atoms. The molecular formula is C6H12NO+. The number of hydrogen-bond donors (Lipinski definition) is 1. The molecule has 2 saturated heterocycles. The van der Waals surface area contributed by atoms with Crippen LogP contribution < -0.4 is 5.32 Å². The van der Waals surface area contributed by atoms with E-state index in [2.05, 4.69) is 5.32 Å². The average Bonchev–Trinajstić information content (AvgIpc) is 2.12. The monoisotopic (exact) mass is 114 g/mol. The normalized spacial score (nSPS) is 45.0. The van der Waals surface area contributed by atoms with Crippen LogP contribution in [0.3, 0.4) is 0 Å². The Kier molecular flexibility index (Phi) is 1.02. The lowest BCUT2D eigenvalue weighted by Crippen LogP contribution is -2.95. The molecule has 0 aromatic rings. The third-order valence-electron chi connectivity index (χ3n) is 2.12. The zero-order valence-electron chi connectivity index (χ0n) is 4.97. The van der Waals surface area contributed by atoms with Crippen molar-refractivity contribution in [2.45, 2.75) is 24.9 Å². The molecule has 0 radical (unpaired) electrons. The molecule has 0 saturated carbocycles. The smallest absolute Gasteiger partial charge is 0.110 e. The predicted molar refractivity (Wildman–Crippen MR) is 29.6 cm³/mol. The van der Waals surface area contributed by atoms with Gasteiger partial charge in [-0.1, -0.05) is 0 Å². The van der Waals surface area contributed by atoms with E-state index in [0.29, 0.717) is 0 Å². The van der Waals surface area contributed by atoms with Crippen LogP contribution in [0, 0.1) is 0 Å². The summed E-state index contributed by atoms with van der Waals surface area (Å²) in [6.45, 7) is 1.99. The minimum Gasteiger partial charge on any atom is -0.369 e. The van der Waals surface area contributed by atoms with Gasteiger partial charge in [0, 0.05) is 12.8 Å². The van der Waals surface area contributed by atoms with Crippen LogP contribution in [0.25, 0.3) is 0 Å². The Bertz CT molecular complexity index is 80.5. The second-order valence-corrected chi connectivity index (χ2v) is 2.83. The molecule has 0 aromatic carbocycles. The van der Waals surface area contributed by atoms with E-state index < -0.39 is 0 Å². The molecule has 46 valence electrons. The van der Waals surface area contributed by atoms with Crippen LogP contribution in [0.4, 0.5) is 0 Å². The number of ether oxygens (including phenoxy) is 1. The van der Waals surface area contributed by atoms with E-state index in [9.17, 15) is 0 Å². The summed E-state index contributed by atoms with van der Waals surface area (Å²) >= 11 is 0. The first-order valence-corrected chi connectivity index (χ1v) is 3.38. The molecule has 2 heteroatoms. The van der Waals surface area contributed by atoms with Crippen molar-refractivity contribution in [3.05, 3.63) is 0 Å². The maximum absolute atomic E-state index is 5.33. The maximum atomic E-state index is 5.33. The van der Waals surface area contributed by atoms with Crippen molar-refractivity contribution in [2.75, 3.05) is 13.2 Å². The average molecular weight is 114 g/mol. The molecule has 2 unspecified atom stereocenters. The quantitative estimate of drug-likeness (QED) is 0.434. The number of morpholine rings is 1. The highest BCUT2D eigenvalue weighted by Crippen LogP contribution is 2.09. The number of quaternary nitrogens is 1. The van der Waals surface area contributed by atoms with Gasteiger partial charge in [-0.2, -0.15) is 0 Å². The molecule has 2 atom stereocenters. The van der Waals surface area contributed by atoms with Crippen LogP contribution in [0.1, 0.15) is 12.8 Å². The largest absolute Gasteiger partial charge is 0.369 e. The summed E-state index contributed by atoms with van der Waals surface area (Å²) in [7, 11) is 0. The lowest BCUT2D eigenvalue weighted by atomic mass is 10.2. The fraction of sp³-hybridized carbons (Fsp3) is 1.00. The van der Waals surface area contributed by atoms with Crippen molar-refractivity contribution in [3.63, 3.8) is 0 Å². The topological polar surface area (TPSA) is 25.8 Å². The number of rotatable bonds is 0. The molecule has 2 rings (SSSR count). The predicted octanol–water partition coefficient (Wildman–Crippen LogP) is -0.889. The number of nitrogens with two attached hydrogens (primary N) is 1. The van der Waals surface area contributed by atoms with E-state index in [-0.39, 0.29) is 0 Å². The zero-order valence-corrected chi connectivity index (χ0v) is 4.97. The standard InChI is InChI=1S/C6H11NO/c1-2-6-4-8-3-5(1)7-6/h5-7H,1-4H2/p+1. The summed E-state index contributed by atoms with van der Waals surface area (Å²) in [4.78, 5) is 0. The van der Waals surface area contributed by atoms with Crippen molar-refractivity contribution in [3.8, 4) is 0 Å². The van der Waals surface area contributed by atoms with Crippen LogP contribution in [-0.2, 0) is 4.74 Å². The van der Waals surface area contributed by atoms with Gasteiger partial charge < -0.3 is 10.1 Å². The van der Waals surface area contributed by atoms with Gasteiger partial charge in [-0.3, -0.25) is 0 Å². The molecule has 0 aliphatic carbocycles. The Hall–Kier alpha value is -0.0800. The molecule has 2 aliphatic heterocycles. The van der Waals surface area contributed by atoms with Gasteiger partial charge in [-0.15, -0.1) is 0 Å². The van der Waals surface area contributed by atoms with E-state index in [1.54, 1.807) is 0 Å². The SMILES string of the molecule is C1CC2COCC1[NH2+]2. The zero-order chi connectivity index (χ0) is 5.40. The Morgan fingerprint density at radius 3 is 2.25 bits per heavy atom.